The molecule has 1 saturated heterocycles. The average Bonchev–Trinajstić information content (AvgIpc) is 2.61. The Morgan fingerprint density at radius 2 is 1.75 bits per heavy atom. The van der Waals surface area contributed by atoms with Crippen LogP contribution in [0, 0.1) is 0 Å². The van der Waals surface area contributed by atoms with Crippen molar-refractivity contribution in [2.75, 3.05) is 31.1 Å². The van der Waals surface area contributed by atoms with Crippen molar-refractivity contribution >= 4 is 5.95 Å². The van der Waals surface area contributed by atoms with Crippen LogP contribution < -0.4 is 10.2 Å². The van der Waals surface area contributed by atoms with Crippen LogP contribution in [0.2, 0.25) is 0 Å². The first-order valence-corrected chi connectivity index (χ1v) is 5.85. The Morgan fingerprint density at radius 1 is 1.12 bits per heavy atom. The van der Waals surface area contributed by atoms with Gasteiger partial charge in [0.1, 0.15) is 5.82 Å². The zero-order chi connectivity index (χ0) is 11.8. The lowest BCUT2D eigenvalue weighted by molar-refractivity contribution is 0.516. The fourth-order valence-electron chi connectivity index (χ4n) is 2.11. The van der Waals surface area contributed by atoms with Gasteiger partial charge in [0.15, 0.2) is 0 Å². The van der Waals surface area contributed by atoms with E-state index in [2.05, 4.69) is 52.8 Å². The second-order valence-electron chi connectivity index (χ2n) is 5.37. The van der Waals surface area contributed by atoms with Gasteiger partial charge in [-0.2, -0.15) is 0 Å². The molecule has 0 aromatic carbocycles. The molecular formula is C11H21N5. The maximum atomic E-state index is 4.32. The van der Waals surface area contributed by atoms with Gasteiger partial charge in [-0.1, -0.05) is 20.8 Å². The first-order valence-electron chi connectivity index (χ1n) is 5.85. The summed E-state index contributed by atoms with van der Waals surface area (Å²) in [4.78, 5) is 2.29. The van der Waals surface area contributed by atoms with Crippen molar-refractivity contribution in [3.05, 3.63) is 5.82 Å². The van der Waals surface area contributed by atoms with Gasteiger partial charge in [0.2, 0.25) is 5.95 Å². The van der Waals surface area contributed by atoms with Crippen LogP contribution in [0.4, 0.5) is 5.95 Å². The normalized spacial score (nSPS) is 17.9. The van der Waals surface area contributed by atoms with Gasteiger partial charge < -0.3 is 10.2 Å². The molecule has 16 heavy (non-hydrogen) atoms. The Labute approximate surface area is 96.8 Å². The SMILES string of the molecule is Cn1c(N2CCNCC2)nnc1C(C)(C)C. The lowest BCUT2D eigenvalue weighted by Crippen LogP contribution is -2.44. The smallest absolute Gasteiger partial charge is 0.227 e. The second-order valence-corrected chi connectivity index (χ2v) is 5.37. The monoisotopic (exact) mass is 223 g/mol. The van der Waals surface area contributed by atoms with Crippen LogP contribution in [-0.4, -0.2) is 40.9 Å². The summed E-state index contributed by atoms with van der Waals surface area (Å²) in [5, 5.41) is 12.0. The molecule has 5 nitrogen and oxygen atoms in total. The number of anilines is 1. The third-order valence-corrected chi connectivity index (χ3v) is 2.92. The van der Waals surface area contributed by atoms with Gasteiger partial charge in [-0.3, -0.25) is 4.57 Å². The highest BCUT2D eigenvalue weighted by Crippen LogP contribution is 2.23. The summed E-state index contributed by atoms with van der Waals surface area (Å²) in [6.07, 6.45) is 0. The molecule has 0 saturated carbocycles. The molecule has 1 aromatic heterocycles. The van der Waals surface area contributed by atoms with E-state index in [1.165, 1.54) is 0 Å². The lowest BCUT2D eigenvalue weighted by Gasteiger charge is -2.28. The maximum absolute atomic E-state index is 4.32. The predicted octanol–water partition coefficient (Wildman–Crippen LogP) is 0.522. The molecule has 1 aliphatic rings. The summed E-state index contributed by atoms with van der Waals surface area (Å²) in [6.45, 7) is 10.6. The van der Waals surface area contributed by atoms with Crippen molar-refractivity contribution in [3.63, 3.8) is 0 Å². The standard InChI is InChI=1S/C11H21N5/c1-11(2,3)9-13-14-10(15(9)4)16-7-5-12-6-8-16/h12H,5-8H2,1-4H3. The molecule has 0 bridgehead atoms. The highest BCUT2D eigenvalue weighted by atomic mass is 15.4. The number of hydrogen-bond acceptors (Lipinski definition) is 4. The molecule has 0 amide bonds. The zero-order valence-electron chi connectivity index (χ0n) is 10.6. The van der Waals surface area contributed by atoms with E-state index in [1.54, 1.807) is 0 Å². The van der Waals surface area contributed by atoms with Crippen LogP contribution in [0.15, 0.2) is 0 Å². The minimum Gasteiger partial charge on any atom is -0.338 e. The lowest BCUT2D eigenvalue weighted by atomic mass is 9.96. The molecule has 0 spiro atoms. The van der Waals surface area contributed by atoms with Gasteiger partial charge in [-0.15, -0.1) is 10.2 Å². The first kappa shape index (κ1) is 11.4. The third-order valence-electron chi connectivity index (χ3n) is 2.92. The maximum Gasteiger partial charge on any atom is 0.227 e. The topological polar surface area (TPSA) is 46.0 Å². The van der Waals surface area contributed by atoms with Crippen molar-refractivity contribution in [1.82, 2.24) is 20.1 Å². The minimum absolute atomic E-state index is 0.0496. The van der Waals surface area contributed by atoms with E-state index in [4.69, 9.17) is 0 Å². The Balaban J connectivity index is 2.25. The summed E-state index contributed by atoms with van der Waals surface area (Å²) >= 11 is 0. The van der Waals surface area contributed by atoms with E-state index in [1.807, 2.05) is 0 Å². The summed E-state index contributed by atoms with van der Waals surface area (Å²) in [5.41, 5.74) is 0.0496. The van der Waals surface area contributed by atoms with Crippen LogP contribution >= 0.6 is 0 Å². The van der Waals surface area contributed by atoms with E-state index in [0.29, 0.717) is 0 Å². The molecule has 2 heterocycles. The van der Waals surface area contributed by atoms with Gasteiger partial charge >= 0.3 is 0 Å². The molecule has 1 fully saturated rings. The van der Waals surface area contributed by atoms with Crippen molar-refractivity contribution in [2.45, 2.75) is 26.2 Å². The van der Waals surface area contributed by atoms with Crippen LogP contribution in [0.3, 0.4) is 0 Å². The number of nitrogens with one attached hydrogen (secondary N) is 1. The molecule has 0 unspecified atom stereocenters. The van der Waals surface area contributed by atoms with Crippen LogP contribution in [0.1, 0.15) is 26.6 Å². The van der Waals surface area contributed by atoms with E-state index < -0.39 is 0 Å². The molecule has 1 aromatic rings. The fourth-order valence-corrected chi connectivity index (χ4v) is 2.11. The highest BCUT2D eigenvalue weighted by molar-refractivity contribution is 5.32. The molecule has 1 aliphatic heterocycles. The van der Waals surface area contributed by atoms with Crippen molar-refractivity contribution in [1.29, 1.82) is 0 Å². The van der Waals surface area contributed by atoms with Crippen molar-refractivity contribution in [3.8, 4) is 0 Å². The number of hydrogen-bond donors (Lipinski definition) is 1. The van der Waals surface area contributed by atoms with Gasteiger partial charge in [0.05, 0.1) is 0 Å². The molecule has 0 atom stereocenters. The van der Waals surface area contributed by atoms with E-state index >= 15 is 0 Å². The minimum atomic E-state index is 0.0496. The van der Waals surface area contributed by atoms with Crippen molar-refractivity contribution in [2.24, 2.45) is 7.05 Å². The van der Waals surface area contributed by atoms with Gasteiger partial charge in [0.25, 0.3) is 0 Å². The average molecular weight is 223 g/mol. The Morgan fingerprint density at radius 3 is 2.25 bits per heavy atom. The molecule has 0 radical (unpaired) electrons. The predicted molar refractivity (Wildman–Crippen MR) is 64.8 cm³/mol. The number of piperazine rings is 1. The van der Waals surface area contributed by atoms with E-state index in [9.17, 15) is 0 Å². The number of rotatable bonds is 1. The number of aromatic nitrogens is 3. The zero-order valence-corrected chi connectivity index (χ0v) is 10.6. The highest BCUT2D eigenvalue weighted by Gasteiger charge is 2.24. The molecule has 2 rings (SSSR count). The molecule has 90 valence electrons. The van der Waals surface area contributed by atoms with E-state index in [-0.39, 0.29) is 5.41 Å². The fraction of sp³-hybridized carbons (Fsp3) is 0.818. The van der Waals surface area contributed by atoms with Gasteiger partial charge in [0, 0.05) is 38.6 Å². The van der Waals surface area contributed by atoms with Crippen LogP contribution in [0.25, 0.3) is 0 Å². The van der Waals surface area contributed by atoms with Gasteiger partial charge in [-0.05, 0) is 0 Å². The van der Waals surface area contributed by atoms with Gasteiger partial charge in [-0.25, -0.2) is 0 Å². The van der Waals surface area contributed by atoms with Crippen LogP contribution in [-0.2, 0) is 12.5 Å². The van der Waals surface area contributed by atoms with Crippen LogP contribution in [0.5, 0.6) is 0 Å². The van der Waals surface area contributed by atoms with Crippen molar-refractivity contribution < 1.29 is 0 Å². The third kappa shape index (κ3) is 2.04. The van der Waals surface area contributed by atoms with E-state index in [0.717, 1.165) is 38.0 Å². The molecule has 5 heteroatoms. The summed E-state index contributed by atoms with van der Waals surface area (Å²) in [7, 11) is 2.05. The number of nitrogens with zero attached hydrogens (tertiary/aromatic N) is 4. The second kappa shape index (κ2) is 4.05. The molecule has 1 N–H and O–H groups in total. The first-order chi connectivity index (χ1) is 7.50. The Bertz CT molecular complexity index is 357. The molecule has 0 aliphatic carbocycles. The summed E-state index contributed by atoms with van der Waals surface area (Å²) in [6, 6.07) is 0. The summed E-state index contributed by atoms with van der Waals surface area (Å²) < 4.78 is 2.12. The summed E-state index contributed by atoms with van der Waals surface area (Å²) in [5.74, 6) is 2.03. The Hall–Kier alpha value is -1.10. The molecular weight excluding hydrogens is 202 g/mol. The Kier molecular flexibility index (Phi) is 2.88. The largest absolute Gasteiger partial charge is 0.338 e. The quantitative estimate of drug-likeness (QED) is 0.754.